The van der Waals surface area contributed by atoms with Crippen LogP contribution in [0.15, 0.2) is 36.4 Å². The van der Waals surface area contributed by atoms with Gasteiger partial charge < -0.3 is 0 Å². The molecule has 0 spiro atoms. The molecule has 3 N–H and O–H groups in total. The van der Waals surface area contributed by atoms with E-state index >= 15 is 0 Å². The van der Waals surface area contributed by atoms with E-state index in [0.29, 0.717) is 6.54 Å². The van der Waals surface area contributed by atoms with Gasteiger partial charge in [0.05, 0.1) is 0 Å². The third-order valence-corrected chi connectivity index (χ3v) is 1.76. The summed E-state index contributed by atoms with van der Waals surface area (Å²) < 4.78 is 0. The summed E-state index contributed by atoms with van der Waals surface area (Å²) in [6, 6.07) is 10.2. The molecule has 1 aromatic rings. The molecule has 2 heteroatoms. The van der Waals surface area contributed by atoms with E-state index < -0.39 is 0 Å². The van der Waals surface area contributed by atoms with E-state index in [4.69, 9.17) is 5.84 Å². The Morgan fingerprint density at radius 3 is 2.67 bits per heavy atom. The molecule has 0 unspecified atom stereocenters. The summed E-state index contributed by atoms with van der Waals surface area (Å²) in [5.41, 5.74) is 5.08. The van der Waals surface area contributed by atoms with E-state index in [2.05, 4.69) is 30.6 Å². The summed E-state index contributed by atoms with van der Waals surface area (Å²) in [6.45, 7) is 2.79. The van der Waals surface area contributed by atoms with Crippen molar-refractivity contribution < 1.29 is 0 Å². The zero-order chi connectivity index (χ0) is 8.81. The number of rotatable bonds is 3. The Labute approximate surface area is 73.1 Å². The van der Waals surface area contributed by atoms with Crippen molar-refractivity contribution in [3.05, 3.63) is 42.0 Å². The number of hydrogen-bond acceptors (Lipinski definition) is 2. The minimum Gasteiger partial charge on any atom is -0.271 e. The smallest absolute Gasteiger partial charge is 0.0284 e. The van der Waals surface area contributed by atoms with Crippen molar-refractivity contribution in [2.75, 3.05) is 6.54 Å². The number of benzene rings is 1. The molecule has 0 aliphatic carbocycles. The van der Waals surface area contributed by atoms with E-state index in [0.717, 1.165) is 0 Å². The largest absolute Gasteiger partial charge is 0.271 e. The molecule has 2 nitrogen and oxygen atoms in total. The monoisotopic (exact) mass is 162 g/mol. The second kappa shape index (κ2) is 4.70. The van der Waals surface area contributed by atoms with Crippen LogP contribution in [-0.4, -0.2) is 6.54 Å². The van der Waals surface area contributed by atoms with Gasteiger partial charge in [-0.25, -0.2) is 0 Å². The Hall–Kier alpha value is -1.12. The first kappa shape index (κ1) is 8.97. The van der Waals surface area contributed by atoms with Crippen LogP contribution >= 0.6 is 0 Å². The first-order chi connectivity index (χ1) is 5.84. The SMILES string of the molecule is CC(=CCNN)c1ccccc1. The molecule has 0 fully saturated rings. The maximum atomic E-state index is 5.16. The maximum absolute atomic E-state index is 5.16. The number of hydrogen-bond donors (Lipinski definition) is 2. The molecule has 0 aliphatic rings. The van der Waals surface area contributed by atoms with E-state index in [1.807, 2.05) is 18.2 Å². The van der Waals surface area contributed by atoms with Crippen molar-refractivity contribution in [2.45, 2.75) is 6.92 Å². The standard InChI is InChI=1S/C10H14N2/c1-9(7-8-12-11)10-5-3-2-4-6-10/h2-7,12H,8,11H2,1H3. The summed E-state index contributed by atoms with van der Waals surface area (Å²) in [5, 5.41) is 0. The fraction of sp³-hybridized carbons (Fsp3) is 0.200. The lowest BCUT2D eigenvalue weighted by atomic mass is 10.1. The van der Waals surface area contributed by atoms with E-state index in [1.54, 1.807) is 0 Å². The van der Waals surface area contributed by atoms with Crippen molar-refractivity contribution in [3.63, 3.8) is 0 Å². The van der Waals surface area contributed by atoms with Crippen molar-refractivity contribution in [1.29, 1.82) is 0 Å². The van der Waals surface area contributed by atoms with Crippen LogP contribution < -0.4 is 11.3 Å². The van der Waals surface area contributed by atoms with Crippen LogP contribution in [0.1, 0.15) is 12.5 Å². The predicted octanol–water partition coefficient (Wildman–Crippen LogP) is 1.55. The molecule has 0 amide bonds. The molecule has 0 aromatic heterocycles. The number of nitrogens with two attached hydrogens (primary N) is 1. The number of allylic oxidation sites excluding steroid dienone is 1. The topological polar surface area (TPSA) is 38.0 Å². The van der Waals surface area contributed by atoms with Crippen LogP contribution in [0.2, 0.25) is 0 Å². The van der Waals surface area contributed by atoms with Gasteiger partial charge >= 0.3 is 0 Å². The lowest BCUT2D eigenvalue weighted by molar-refractivity contribution is 0.824. The molecular formula is C10H14N2. The molecule has 0 radical (unpaired) electrons. The Balaban J connectivity index is 2.71. The van der Waals surface area contributed by atoms with Gasteiger partial charge in [0.1, 0.15) is 0 Å². The van der Waals surface area contributed by atoms with Gasteiger partial charge in [0.25, 0.3) is 0 Å². The van der Waals surface area contributed by atoms with Crippen molar-refractivity contribution in [3.8, 4) is 0 Å². The molecule has 1 rings (SSSR count). The molecular weight excluding hydrogens is 148 g/mol. The predicted molar refractivity (Wildman–Crippen MR) is 52.3 cm³/mol. The molecule has 0 saturated carbocycles. The minimum absolute atomic E-state index is 0.709. The average Bonchev–Trinajstić information content (AvgIpc) is 2.15. The molecule has 0 heterocycles. The molecule has 0 bridgehead atoms. The van der Waals surface area contributed by atoms with Crippen molar-refractivity contribution >= 4 is 5.57 Å². The van der Waals surface area contributed by atoms with Crippen molar-refractivity contribution in [2.24, 2.45) is 5.84 Å². The van der Waals surface area contributed by atoms with Gasteiger partial charge in [-0.05, 0) is 18.1 Å². The molecule has 64 valence electrons. The van der Waals surface area contributed by atoms with E-state index in [9.17, 15) is 0 Å². The lowest BCUT2D eigenvalue weighted by Gasteiger charge is -2.00. The highest BCUT2D eigenvalue weighted by atomic mass is 15.2. The normalized spacial score (nSPS) is 11.7. The fourth-order valence-corrected chi connectivity index (χ4v) is 1.03. The van der Waals surface area contributed by atoms with Gasteiger partial charge in [0, 0.05) is 6.54 Å². The second-order valence-corrected chi connectivity index (χ2v) is 2.66. The summed E-state index contributed by atoms with van der Waals surface area (Å²) in [6.07, 6.45) is 2.06. The molecule has 0 saturated heterocycles. The summed E-state index contributed by atoms with van der Waals surface area (Å²) >= 11 is 0. The molecule has 0 aliphatic heterocycles. The van der Waals surface area contributed by atoms with Crippen LogP contribution in [0.3, 0.4) is 0 Å². The zero-order valence-corrected chi connectivity index (χ0v) is 7.25. The van der Waals surface area contributed by atoms with Crippen LogP contribution in [0.4, 0.5) is 0 Å². The van der Waals surface area contributed by atoms with Gasteiger partial charge in [-0.1, -0.05) is 36.4 Å². The van der Waals surface area contributed by atoms with Gasteiger partial charge in [0.2, 0.25) is 0 Å². The Morgan fingerprint density at radius 2 is 2.08 bits per heavy atom. The highest BCUT2D eigenvalue weighted by Gasteiger charge is 1.91. The molecule has 12 heavy (non-hydrogen) atoms. The summed E-state index contributed by atoms with van der Waals surface area (Å²) in [7, 11) is 0. The Kier molecular flexibility index (Phi) is 3.51. The zero-order valence-electron chi connectivity index (χ0n) is 7.25. The number of hydrazine groups is 1. The van der Waals surface area contributed by atoms with E-state index in [-0.39, 0.29) is 0 Å². The van der Waals surface area contributed by atoms with E-state index in [1.165, 1.54) is 11.1 Å². The highest BCUT2D eigenvalue weighted by Crippen LogP contribution is 2.11. The second-order valence-electron chi connectivity index (χ2n) is 2.66. The lowest BCUT2D eigenvalue weighted by Crippen LogP contribution is -2.21. The van der Waals surface area contributed by atoms with Gasteiger partial charge in [0.15, 0.2) is 0 Å². The van der Waals surface area contributed by atoms with Crippen LogP contribution in [0.5, 0.6) is 0 Å². The first-order valence-corrected chi connectivity index (χ1v) is 4.00. The first-order valence-electron chi connectivity index (χ1n) is 4.00. The van der Waals surface area contributed by atoms with Crippen LogP contribution in [0.25, 0.3) is 5.57 Å². The summed E-state index contributed by atoms with van der Waals surface area (Å²) in [4.78, 5) is 0. The quantitative estimate of drug-likeness (QED) is 0.523. The maximum Gasteiger partial charge on any atom is 0.0284 e. The molecule has 0 atom stereocenters. The minimum atomic E-state index is 0.709. The Morgan fingerprint density at radius 1 is 1.42 bits per heavy atom. The highest BCUT2D eigenvalue weighted by molar-refractivity contribution is 5.63. The van der Waals surface area contributed by atoms with Crippen LogP contribution in [0, 0.1) is 0 Å². The Bertz CT molecular complexity index is 252. The molecule has 1 aromatic carbocycles. The average molecular weight is 162 g/mol. The van der Waals surface area contributed by atoms with Crippen molar-refractivity contribution in [1.82, 2.24) is 5.43 Å². The number of nitrogens with one attached hydrogen (secondary N) is 1. The van der Waals surface area contributed by atoms with Crippen LogP contribution in [-0.2, 0) is 0 Å². The van der Waals surface area contributed by atoms with Gasteiger partial charge in [-0.2, -0.15) is 0 Å². The fourth-order valence-electron chi connectivity index (χ4n) is 1.03. The third-order valence-electron chi connectivity index (χ3n) is 1.76. The van der Waals surface area contributed by atoms with Gasteiger partial charge in [-0.3, -0.25) is 11.3 Å². The third kappa shape index (κ3) is 2.49. The van der Waals surface area contributed by atoms with Gasteiger partial charge in [-0.15, -0.1) is 0 Å². The summed E-state index contributed by atoms with van der Waals surface area (Å²) in [5.74, 6) is 5.16.